The van der Waals surface area contributed by atoms with Gasteiger partial charge in [0.05, 0.1) is 31.2 Å². The number of methoxy groups -OCH3 is 1. The predicted molar refractivity (Wildman–Crippen MR) is 150 cm³/mol. The molecule has 0 spiro atoms. The van der Waals surface area contributed by atoms with Crippen LogP contribution in [-0.4, -0.2) is 72.1 Å². The molecule has 3 heterocycles. The number of piperidine rings is 1. The molecule has 0 radical (unpaired) electrons. The van der Waals surface area contributed by atoms with Crippen LogP contribution in [0.3, 0.4) is 0 Å². The zero-order chi connectivity index (χ0) is 26.8. The summed E-state index contributed by atoms with van der Waals surface area (Å²) in [5.74, 6) is 3.15. The number of allylic oxidation sites excluding steroid dienone is 2. The molecule has 0 atom stereocenters. The lowest BCUT2D eigenvalue weighted by molar-refractivity contribution is -0.133. The normalized spacial score (nSPS) is 17.8. The lowest BCUT2D eigenvalue weighted by Crippen LogP contribution is -2.44. The van der Waals surface area contributed by atoms with Crippen LogP contribution >= 0.6 is 0 Å². The summed E-state index contributed by atoms with van der Waals surface area (Å²) in [6.07, 6.45) is 9.01. The second-order valence-electron chi connectivity index (χ2n) is 10.8. The van der Waals surface area contributed by atoms with E-state index in [-0.39, 0.29) is 5.91 Å². The summed E-state index contributed by atoms with van der Waals surface area (Å²) in [7, 11) is 1.64. The van der Waals surface area contributed by atoms with Gasteiger partial charge < -0.3 is 19.1 Å². The Morgan fingerprint density at radius 1 is 1.03 bits per heavy atom. The van der Waals surface area contributed by atoms with Crippen molar-refractivity contribution in [2.45, 2.75) is 39.0 Å². The molecule has 2 aliphatic heterocycles. The van der Waals surface area contributed by atoms with Gasteiger partial charge in [0.25, 0.3) is 0 Å². The summed E-state index contributed by atoms with van der Waals surface area (Å²) in [6, 6.07) is 9.95. The number of benzene rings is 2. The SMILES string of the molecule is COc1cc2c(Oc3ccc4c(c3)C(C)=CC4)ncnc2cc1OCC1CCN(C(=O)CN2CCCC2)CC1. The van der Waals surface area contributed by atoms with Crippen molar-refractivity contribution in [2.24, 2.45) is 5.92 Å². The molecule has 2 aromatic carbocycles. The molecule has 0 saturated carbocycles. The Hall–Kier alpha value is -3.65. The minimum atomic E-state index is 0.261. The number of hydrogen-bond acceptors (Lipinski definition) is 7. The first kappa shape index (κ1) is 25.6. The van der Waals surface area contributed by atoms with Gasteiger partial charge in [-0.3, -0.25) is 9.69 Å². The third-order valence-electron chi connectivity index (χ3n) is 8.23. The second kappa shape index (κ2) is 11.2. The van der Waals surface area contributed by atoms with Crippen molar-refractivity contribution in [3.63, 3.8) is 0 Å². The van der Waals surface area contributed by atoms with E-state index in [1.165, 1.54) is 35.9 Å². The summed E-state index contributed by atoms with van der Waals surface area (Å²) in [5.41, 5.74) is 4.54. The standard InChI is InChI=1S/C31H36N4O4/c1-21-5-6-23-7-8-24(15-25(21)23)39-31-26-16-28(37-2)29(17-27(26)32-20-33-31)38-19-22-9-13-35(14-10-22)30(36)18-34-11-3-4-12-34/h5,7-8,15-17,20,22H,3-4,6,9-14,18-19H2,1-2H3. The second-order valence-corrected chi connectivity index (χ2v) is 10.8. The van der Waals surface area contributed by atoms with Crippen LogP contribution in [0.4, 0.5) is 0 Å². The zero-order valence-corrected chi connectivity index (χ0v) is 22.8. The van der Waals surface area contributed by atoms with Crippen LogP contribution in [-0.2, 0) is 11.2 Å². The molecule has 1 aromatic heterocycles. The van der Waals surface area contributed by atoms with Crippen molar-refractivity contribution in [1.29, 1.82) is 0 Å². The van der Waals surface area contributed by atoms with Crippen molar-refractivity contribution in [3.8, 4) is 23.1 Å². The zero-order valence-electron chi connectivity index (χ0n) is 22.8. The van der Waals surface area contributed by atoms with Crippen LogP contribution in [0.2, 0.25) is 0 Å². The van der Waals surface area contributed by atoms with Gasteiger partial charge in [0.15, 0.2) is 11.5 Å². The maximum absolute atomic E-state index is 12.7. The number of rotatable bonds is 8. The van der Waals surface area contributed by atoms with Gasteiger partial charge in [-0.25, -0.2) is 9.97 Å². The Kier molecular flexibility index (Phi) is 7.37. The number of ether oxygens (including phenoxy) is 3. The minimum absolute atomic E-state index is 0.261. The molecule has 1 aliphatic carbocycles. The molecule has 6 rings (SSSR count). The fourth-order valence-corrected chi connectivity index (χ4v) is 5.83. The van der Waals surface area contributed by atoms with E-state index in [0.29, 0.717) is 36.4 Å². The Labute approximate surface area is 229 Å². The van der Waals surface area contributed by atoms with Gasteiger partial charge in [-0.2, -0.15) is 0 Å². The fraction of sp³-hybridized carbons (Fsp3) is 0.452. The number of fused-ring (bicyclic) bond motifs is 2. The molecule has 1 amide bonds. The van der Waals surface area contributed by atoms with E-state index >= 15 is 0 Å². The number of aromatic nitrogens is 2. The van der Waals surface area contributed by atoms with Gasteiger partial charge in [-0.05, 0) is 92.9 Å². The van der Waals surface area contributed by atoms with Crippen LogP contribution in [0.5, 0.6) is 23.1 Å². The highest BCUT2D eigenvalue weighted by atomic mass is 16.5. The van der Waals surface area contributed by atoms with E-state index < -0.39 is 0 Å². The van der Waals surface area contributed by atoms with E-state index in [0.717, 1.165) is 62.1 Å². The van der Waals surface area contributed by atoms with Gasteiger partial charge in [-0.1, -0.05) is 12.1 Å². The van der Waals surface area contributed by atoms with E-state index in [1.54, 1.807) is 7.11 Å². The first-order valence-electron chi connectivity index (χ1n) is 14.0. The summed E-state index contributed by atoms with van der Waals surface area (Å²) in [4.78, 5) is 25.8. The molecular formula is C31H36N4O4. The van der Waals surface area contributed by atoms with Gasteiger partial charge >= 0.3 is 0 Å². The number of amides is 1. The Balaban J connectivity index is 1.10. The van der Waals surface area contributed by atoms with E-state index in [1.807, 2.05) is 23.1 Å². The molecule has 0 N–H and O–H groups in total. The molecule has 8 nitrogen and oxygen atoms in total. The third-order valence-corrected chi connectivity index (χ3v) is 8.23. The van der Waals surface area contributed by atoms with Crippen LogP contribution in [0.15, 0.2) is 42.7 Å². The van der Waals surface area contributed by atoms with Crippen molar-refractivity contribution in [1.82, 2.24) is 19.8 Å². The number of carbonyl (C=O) groups excluding carboxylic acids is 1. The Morgan fingerprint density at radius 3 is 2.64 bits per heavy atom. The molecule has 3 aromatic rings. The van der Waals surface area contributed by atoms with E-state index in [9.17, 15) is 4.79 Å². The average molecular weight is 529 g/mol. The highest BCUT2D eigenvalue weighted by Crippen LogP contribution is 2.38. The fourth-order valence-electron chi connectivity index (χ4n) is 5.83. The smallest absolute Gasteiger partial charge is 0.236 e. The molecule has 0 bridgehead atoms. The van der Waals surface area contributed by atoms with Gasteiger partial charge in [0, 0.05) is 19.2 Å². The first-order chi connectivity index (χ1) is 19.1. The molecular weight excluding hydrogens is 492 g/mol. The van der Waals surface area contributed by atoms with Crippen LogP contribution in [0.25, 0.3) is 16.5 Å². The molecule has 3 aliphatic rings. The summed E-state index contributed by atoms with van der Waals surface area (Å²) in [5, 5.41) is 0.763. The van der Waals surface area contributed by atoms with E-state index in [2.05, 4.69) is 40.0 Å². The lowest BCUT2D eigenvalue weighted by Gasteiger charge is -2.33. The van der Waals surface area contributed by atoms with E-state index in [4.69, 9.17) is 14.2 Å². The third kappa shape index (κ3) is 5.57. The maximum Gasteiger partial charge on any atom is 0.236 e. The van der Waals surface area contributed by atoms with Crippen molar-refractivity contribution >= 4 is 22.4 Å². The largest absolute Gasteiger partial charge is 0.493 e. The Bertz CT molecular complexity index is 1390. The number of nitrogens with zero attached hydrogens (tertiary/aromatic N) is 4. The predicted octanol–water partition coefficient (Wildman–Crippen LogP) is 5.10. The average Bonchev–Trinajstić information content (AvgIpc) is 3.61. The van der Waals surface area contributed by atoms with Crippen LogP contribution < -0.4 is 14.2 Å². The van der Waals surface area contributed by atoms with Gasteiger partial charge in [-0.15, -0.1) is 0 Å². The molecule has 2 fully saturated rings. The Morgan fingerprint density at radius 2 is 1.85 bits per heavy atom. The van der Waals surface area contributed by atoms with Gasteiger partial charge in [0.1, 0.15) is 12.1 Å². The van der Waals surface area contributed by atoms with Crippen LogP contribution in [0.1, 0.15) is 43.7 Å². The monoisotopic (exact) mass is 528 g/mol. The van der Waals surface area contributed by atoms with Crippen molar-refractivity contribution < 1.29 is 19.0 Å². The lowest BCUT2D eigenvalue weighted by atomic mass is 9.97. The van der Waals surface area contributed by atoms with Crippen LogP contribution in [0, 0.1) is 5.92 Å². The summed E-state index contributed by atoms with van der Waals surface area (Å²) < 4.78 is 18.2. The molecule has 204 valence electrons. The highest BCUT2D eigenvalue weighted by Gasteiger charge is 2.26. The number of carbonyl (C=O) groups is 1. The quantitative estimate of drug-likeness (QED) is 0.402. The maximum atomic E-state index is 12.7. The molecule has 0 unspecified atom stereocenters. The first-order valence-corrected chi connectivity index (χ1v) is 14.0. The molecule has 8 heteroatoms. The highest BCUT2D eigenvalue weighted by molar-refractivity contribution is 5.87. The number of hydrogen-bond donors (Lipinski definition) is 0. The number of likely N-dealkylation sites (tertiary alicyclic amines) is 2. The summed E-state index contributed by atoms with van der Waals surface area (Å²) in [6.45, 7) is 6.95. The van der Waals surface area contributed by atoms with Crippen molar-refractivity contribution in [3.05, 3.63) is 53.9 Å². The topological polar surface area (TPSA) is 77.0 Å². The van der Waals surface area contributed by atoms with Gasteiger partial charge in [0.2, 0.25) is 11.8 Å². The molecule has 2 saturated heterocycles. The summed E-state index contributed by atoms with van der Waals surface area (Å²) >= 11 is 0. The van der Waals surface area contributed by atoms with Crippen molar-refractivity contribution in [2.75, 3.05) is 46.4 Å². The molecule has 39 heavy (non-hydrogen) atoms. The minimum Gasteiger partial charge on any atom is -0.493 e.